The number of thiocarbonyl (C=S) groups is 1. The quantitative estimate of drug-likeness (QED) is 0.762. The fourth-order valence-electron chi connectivity index (χ4n) is 1.50. The topological polar surface area (TPSA) is 64.3 Å². The molecule has 0 aliphatic heterocycles. The molecule has 4 nitrogen and oxygen atoms in total. The second-order valence-corrected chi connectivity index (χ2v) is 4.77. The molecule has 1 saturated carbocycles. The average Bonchev–Trinajstić information content (AvgIpc) is 3.13. The van der Waals surface area contributed by atoms with E-state index < -0.39 is 0 Å². The molecule has 0 saturated heterocycles. The van der Waals surface area contributed by atoms with Crippen molar-refractivity contribution in [1.82, 2.24) is 5.32 Å². The highest BCUT2D eigenvalue weighted by molar-refractivity contribution is 7.80. The van der Waals surface area contributed by atoms with Crippen molar-refractivity contribution in [2.45, 2.75) is 25.3 Å². The molecule has 0 aromatic heterocycles. The first-order chi connectivity index (χ1) is 8.65. The first-order valence-corrected chi connectivity index (χ1v) is 6.38. The van der Waals surface area contributed by atoms with E-state index in [4.69, 9.17) is 22.7 Å². The number of ether oxygens (including phenoxy) is 1. The van der Waals surface area contributed by atoms with Crippen molar-refractivity contribution in [1.29, 1.82) is 0 Å². The van der Waals surface area contributed by atoms with Gasteiger partial charge in [-0.15, -0.1) is 0 Å². The monoisotopic (exact) mass is 264 g/mol. The number of carbonyl (C=O) groups excluding carboxylic acids is 1. The van der Waals surface area contributed by atoms with Crippen LogP contribution in [-0.4, -0.2) is 23.5 Å². The SMILES string of the molecule is NC(=S)c1ccc(OCCC(=O)NC2CC2)cc1. The molecule has 0 unspecified atom stereocenters. The Morgan fingerprint density at radius 1 is 1.39 bits per heavy atom. The third kappa shape index (κ3) is 4.00. The molecule has 1 aromatic carbocycles. The van der Waals surface area contributed by atoms with Gasteiger partial charge in [-0.3, -0.25) is 4.79 Å². The Hall–Kier alpha value is -1.62. The fourth-order valence-corrected chi connectivity index (χ4v) is 1.64. The summed E-state index contributed by atoms with van der Waals surface area (Å²) >= 11 is 4.86. The molecule has 1 aliphatic carbocycles. The van der Waals surface area contributed by atoms with Gasteiger partial charge >= 0.3 is 0 Å². The molecule has 1 aromatic rings. The van der Waals surface area contributed by atoms with Crippen molar-refractivity contribution in [2.75, 3.05) is 6.61 Å². The van der Waals surface area contributed by atoms with E-state index in [0.29, 0.717) is 29.8 Å². The highest BCUT2D eigenvalue weighted by atomic mass is 32.1. The summed E-state index contributed by atoms with van der Waals surface area (Å²) < 4.78 is 5.47. The van der Waals surface area contributed by atoms with Crippen molar-refractivity contribution >= 4 is 23.1 Å². The number of amides is 1. The van der Waals surface area contributed by atoms with Gasteiger partial charge in [0.25, 0.3) is 0 Å². The zero-order valence-corrected chi connectivity index (χ0v) is 10.8. The summed E-state index contributed by atoms with van der Waals surface area (Å²) in [6, 6.07) is 7.62. The lowest BCUT2D eigenvalue weighted by Gasteiger charge is -2.07. The first-order valence-electron chi connectivity index (χ1n) is 5.97. The van der Waals surface area contributed by atoms with Gasteiger partial charge in [-0.25, -0.2) is 0 Å². The predicted molar refractivity (Wildman–Crippen MR) is 73.6 cm³/mol. The van der Waals surface area contributed by atoms with Crippen LogP contribution >= 0.6 is 12.2 Å². The van der Waals surface area contributed by atoms with Gasteiger partial charge in [0.1, 0.15) is 10.7 Å². The summed E-state index contributed by atoms with van der Waals surface area (Å²) in [5, 5.41) is 2.91. The van der Waals surface area contributed by atoms with Gasteiger partial charge in [0.2, 0.25) is 5.91 Å². The number of nitrogens with two attached hydrogens (primary N) is 1. The van der Waals surface area contributed by atoms with E-state index in [1.165, 1.54) is 0 Å². The number of benzene rings is 1. The number of carbonyl (C=O) groups is 1. The summed E-state index contributed by atoms with van der Waals surface area (Å²) in [4.78, 5) is 11.8. The van der Waals surface area contributed by atoms with Crippen LogP contribution in [0.4, 0.5) is 0 Å². The lowest BCUT2D eigenvalue weighted by atomic mass is 10.2. The molecule has 0 atom stereocenters. The molecular weight excluding hydrogens is 248 g/mol. The van der Waals surface area contributed by atoms with Crippen LogP contribution in [0.3, 0.4) is 0 Å². The molecule has 1 aliphatic rings. The van der Waals surface area contributed by atoms with Crippen molar-refractivity contribution in [3.63, 3.8) is 0 Å². The van der Waals surface area contributed by atoms with Crippen LogP contribution in [-0.2, 0) is 4.79 Å². The minimum atomic E-state index is 0.0530. The highest BCUT2D eigenvalue weighted by Crippen LogP contribution is 2.18. The molecular formula is C13H16N2O2S. The van der Waals surface area contributed by atoms with Crippen LogP contribution in [0, 0.1) is 0 Å². The Balaban J connectivity index is 1.72. The fraction of sp³-hybridized carbons (Fsp3) is 0.385. The maximum atomic E-state index is 11.4. The van der Waals surface area contributed by atoms with E-state index in [-0.39, 0.29) is 5.91 Å². The van der Waals surface area contributed by atoms with Gasteiger partial charge in [0, 0.05) is 11.6 Å². The molecule has 0 spiro atoms. The number of rotatable bonds is 6. The van der Waals surface area contributed by atoms with Crippen LogP contribution in [0.25, 0.3) is 0 Å². The van der Waals surface area contributed by atoms with Crippen molar-refractivity contribution in [3.05, 3.63) is 29.8 Å². The minimum absolute atomic E-state index is 0.0530. The summed E-state index contributed by atoms with van der Waals surface area (Å²) in [5.41, 5.74) is 6.30. The molecule has 0 radical (unpaired) electrons. The normalized spacial score (nSPS) is 14.0. The zero-order valence-electron chi connectivity index (χ0n) is 10.0. The van der Waals surface area contributed by atoms with Gasteiger partial charge in [-0.05, 0) is 37.1 Å². The van der Waals surface area contributed by atoms with Crippen molar-refractivity contribution in [2.24, 2.45) is 5.73 Å². The second-order valence-electron chi connectivity index (χ2n) is 4.33. The molecule has 0 bridgehead atoms. The largest absolute Gasteiger partial charge is 0.493 e. The summed E-state index contributed by atoms with van der Waals surface area (Å²) in [7, 11) is 0. The Morgan fingerprint density at radius 3 is 2.61 bits per heavy atom. The smallest absolute Gasteiger partial charge is 0.223 e. The van der Waals surface area contributed by atoms with Gasteiger partial charge in [0.15, 0.2) is 0 Å². The zero-order chi connectivity index (χ0) is 13.0. The summed E-state index contributed by atoms with van der Waals surface area (Å²) in [6.45, 7) is 0.380. The van der Waals surface area contributed by atoms with Gasteiger partial charge in [0.05, 0.1) is 13.0 Å². The average molecular weight is 264 g/mol. The molecule has 96 valence electrons. The van der Waals surface area contributed by atoms with Crippen molar-refractivity contribution < 1.29 is 9.53 Å². The summed E-state index contributed by atoms with van der Waals surface area (Å²) in [5.74, 6) is 0.770. The van der Waals surface area contributed by atoms with Gasteiger partial charge in [-0.1, -0.05) is 12.2 Å². The van der Waals surface area contributed by atoms with Crippen LogP contribution in [0.2, 0.25) is 0 Å². The van der Waals surface area contributed by atoms with Crippen molar-refractivity contribution in [3.8, 4) is 5.75 Å². The maximum absolute atomic E-state index is 11.4. The van der Waals surface area contributed by atoms with Gasteiger partial charge in [-0.2, -0.15) is 0 Å². The minimum Gasteiger partial charge on any atom is -0.493 e. The number of hydrogen-bond acceptors (Lipinski definition) is 3. The van der Waals surface area contributed by atoms with E-state index >= 15 is 0 Å². The molecule has 5 heteroatoms. The van der Waals surface area contributed by atoms with Crippen LogP contribution in [0.15, 0.2) is 24.3 Å². The molecule has 18 heavy (non-hydrogen) atoms. The van der Waals surface area contributed by atoms with E-state index in [0.717, 1.165) is 18.4 Å². The van der Waals surface area contributed by atoms with Crippen LogP contribution in [0.5, 0.6) is 5.75 Å². The van der Waals surface area contributed by atoms with E-state index in [9.17, 15) is 4.79 Å². The molecule has 1 fully saturated rings. The molecule has 2 rings (SSSR count). The van der Waals surface area contributed by atoms with Gasteiger partial charge < -0.3 is 15.8 Å². The van der Waals surface area contributed by atoms with E-state index in [1.54, 1.807) is 12.1 Å². The Kier molecular flexibility index (Phi) is 4.15. The van der Waals surface area contributed by atoms with E-state index in [2.05, 4.69) is 5.32 Å². The lowest BCUT2D eigenvalue weighted by Crippen LogP contribution is -2.26. The Morgan fingerprint density at radius 2 is 2.06 bits per heavy atom. The Labute approximate surface area is 112 Å². The maximum Gasteiger partial charge on any atom is 0.223 e. The standard InChI is InChI=1S/C13H16N2O2S/c14-13(18)9-1-5-11(6-2-9)17-8-7-12(16)15-10-3-4-10/h1-2,5-6,10H,3-4,7-8H2,(H2,14,18)(H,15,16). The first kappa shape index (κ1) is 12.8. The lowest BCUT2D eigenvalue weighted by molar-refractivity contribution is -0.121. The van der Waals surface area contributed by atoms with Crippen LogP contribution < -0.4 is 15.8 Å². The molecule has 3 N–H and O–H groups in total. The Bertz CT molecular complexity index is 441. The highest BCUT2D eigenvalue weighted by Gasteiger charge is 2.22. The van der Waals surface area contributed by atoms with Crippen LogP contribution in [0.1, 0.15) is 24.8 Å². The molecule has 0 heterocycles. The number of nitrogens with one attached hydrogen (secondary N) is 1. The van der Waals surface area contributed by atoms with E-state index in [1.807, 2.05) is 12.1 Å². The summed E-state index contributed by atoms with van der Waals surface area (Å²) in [6.07, 6.45) is 2.59. The third-order valence-electron chi connectivity index (χ3n) is 2.68. The number of hydrogen-bond donors (Lipinski definition) is 2. The second kappa shape index (κ2) is 5.82. The predicted octanol–water partition coefficient (Wildman–Crippen LogP) is 1.37. The molecule has 1 amide bonds. The third-order valence-corrected chi connectivity index (χ3v) is 2.91.